The van der Waals surface area contributed by atoms with Gasteiger partial charge in [0.05, 0.1) is 17.8 Å². The first-order valence-corrected chi connectivity index (χ1v) is 7.44. The summed E-state index contributed by atoms with van der Waals surface area (Å²) in [7, 11) is 0. The molecule has 0 amide bonds. The van der Waals surface area contributed by atoms with Gasteiger partial charge in [-0.3, -0.25) is 14.0 Å². The molecule has 0 saturated carbocycles. The van der Waals surface area contributed by atoms with Crippen molar-refractivity contribution in [2.24, 2.45) is 0 Å². The molecule has 10 heteroatoms. The van der Waals surface area contributed by atoms with E-state index in [0.29, 0.717) is 17.2 Å². The molecule has 0 atom stereocenters. The van der Waals surface area contributed by atoms with Crippen LogP contribution in [-0.4, -0.2) is 14.0 Å². The third-order valence-corrected chi connectivity index (χ3v) is 4.09. The Morgan fingerprint density at radius 2 is 2.00 bits per heavy atom. The van der Waals surface area contributed by atoms with Gasteiger partial charge in [0.1, 0.15) is 5.02 Å². The van der Waals surface area contributed by atoms with Gasteiger partial charge < -0.3 is 4.57 Å². The molecule has 0 aliphatic carbocycles. The average Bonchev–Trinajstić information content (AvgIpc) is 2.91. The van der Waals surface area contributed by atoms with Gasteiger partial charge in [-0.25, -0.2) is 4.98 Å². The zero-order valence-corrected chi connectivity index (χ0v) is 12.7. The molecule has 0 fully saturated rings. The first-order valence-electron chi connectivity index (χ1n) is 6.18. The quantitative estimate of drug-likeness (QED) is 0.705. The van der Waals surface area contributed by atoms with E-state index in [1.165, 1.54) is 28.0 Å². The molecule has 0 aliphatic heterocycles. The minimum atomic E-state index is -4.64. The van der Waals surface area contributed by atoms with Gasteiger partial charge in [0.2, 0.25) is 0 Å². The second-order valence-electron chi connectivity index (χ2n) is 4.65. The van der Waals surface area contributed by atoms with Crippen LogP contribution < -0.4 is 11.1 Å². The number of pyridine rings is 1. The second kappa shape index (κ2) is 5.50. The summed E-state index contributed by atoms with van der Waals surface area (Å²) in [4.78, 5) is 28.3. The molecule has 3 rings (SSSR count). The van der Waals surface area contributed by atoms with E-state index >= 15 is 0 Å². The van der Waals surface area contributed by atoms with E-state index in [1.807, 2.05) is 0 Å². The monoisotopic (exact) mass is 361 g/mol. The van der Waals surface area contributed by atoms with Crippen LogP contribution in [0.5, 0.6) is 0 Å². The fourth-order valence-corrected chi connectivity index (χ4v) is 2.98. The largest absolute Gasteiger partial charge is 0.417 e. The van der Waals surface area contributed by atoms with Gasteiger partial charge in [0.15, 0.2) is 4.96 Å². The van der Waals surface area contributed by atoms with Gasteiger partial charge in [0.25, 0.3) is 11.1 Å². The van der Waals surface area contributed by atoms with Crippen LogP contribution in [0, 0.1) is 0 Å². The number of fused-ring (bicyclic) bond motifs is 1. The van der Waals surface area contributed by atoms with Gasteiger partial charge in [-0.2, -0.15) is 13.2 Å². The van der Waals surface area contributed by atoms with E-state index in [2.05, 4.69) is 4.98 Å². The Bertz CT molecular complexity index is 1010. The predicted molar refractivity (Wildman–Crippen MR) is 79.2 cm³/mol. The van der Waals surface area contributed by atoms with Gasteiger partial charge in [-0.15, -0.1) is 11.3 Å². The first kappa shape index (κ1) is 15.8. The highest BCUT2D eigenvalue weighted by Gasteiger charge is 2.32. The standard InChI is InChI=1S/C13H7ClF3N3O2S/c14-9-3-7(13(15,16)17)5-19(11(9)22)6-8-4-10(21)20-1-2-23-12(20)18-8/h1-5H,6H2. The highest BCUT2D eigenvalue weighted by molar-refractivity contribution is 7.15. The van der Waals surface area contributed by atoms with Crippen molar-refractivity contribution in [1.82, 2.24) is 14.0 Å². The predicted octanol–water partition coefficient (Wildman–Crippen LogP) is 2.64. The number of nitrogens with zero attached hydrogens (tertiary/aromatic N) is 3. The Labute approximate surface area is 135 Å². The lowest BCUT2D eigenvalue weighted by molar-refractivity contribution is -0.138. The van der Waals surface area contributed by atoms with Gasteiger partial charge in [0, 0.05) is 23.8 Å². The fraction of sp³-hybridized carbons (Fsp3) is 0.154. The maximum atomic E-state index is 12.8. The number of hydrogen-bond donors (Lipinski definition) is 0. The molecule has 0 spiro atoms. The Balaban J connectivity index is 2.09. The molecule has 0 radical (unpaired) electrons. The number of aromatic nitrogens is 3. The highest BCUT2D eigenvalue weighted by atomic mass is 35.5. The van der Waals surface area contributed by atoms with Crippen LogP contribution in [0.1, 0.15) is 11.3 Å². The number of hydrogen-bond acceptors (Lipinski definition) is 4. The van der Waals surface area contributed by atoms with E-state index in [-0.39, 0.29) is 17.8 Å². The summed E-state index contributed by atoms with van der Waals surface area (Å²) >= 11 is 6.78. The Kier molecular flexibility index (Phi) is 3.77. The molecule has 0 aliphatic rings. The van der Waals surface area contributed by atoms with Crippen molar-refractivity contribution in [1.29, 1.82) is 0 Å². The lowest BCUT2D eigenvalue weighted by Crippen LogP contribution is -2.25. The van der Waals surface area contributed by atoms with Crippen LogP contribution >= 0.6 is 22.9 Å². The minimum absolute atomic E-state index is 0.176. The topological polar surface area (TPSA) is 56.4 Å². The van der Waals surface area contributed by atoms with Crippen molar-refractivity contribution in [3.8, 4) is 0 Å². The summed E-state index contributed by atoms with van der Waals surface area (Å²) in [6.45, 7) is -0.286. The highest BCUT2D eigenvalue weighted by Crippen LogP contribution is 2.29. The molecule has 23 heavy (non-hydrogen) atoms. The van der Waals surface area contributed by atoms with E-state index in [0.717, 1.165) is 4.57 Å². The van der Waals surface area contributed by atoms with Crippen molar-refractivity contribution >= 4 is 27.9 Å². The SMILES string of the molecule is O=c1c(Cl)cc(C(F)(F)F)cn1Cc1cc(=O)n2ccsc2n1. The smallest absolute Gasteiger partial charge is 0.308 e. The lowest BCUT2D eigenvalue weighted by atomic mass is 10.2. The lowest BCUT2D eigenvalue weighted by Gasteiger charge is -2.11. The Hall–Kier alpha value is -2.13. The summed E-state index contributed by atoms with van der Waals surface area (Å²) < 4.78 is 40.5. The fourth-order valence-electron chi connectivity index (χ4n) is 2.02. The summed E-state index contributed by atoms with van der Waals surface area (Å²) in [5.41, 5.74) is -2.03. The van der Waals surface area contributed by atoms with Crippen LogP contribution in [0.25, 0.3) is 4.96 Å². The molecule has 0 bridgehead atoms. The van der Waals surface area contributed by atoms with Gasteiger partial charge >= 0.3 is 6.18 Å². The molecule has 120 valence electrons. The molecule has 0 unspecified atom stereocenters. The maximum Gasteiger partial charge on any atom is 0.417 e. The minimum Gasteiger partial charge on any atom is -0.308 e. The number of halogens is 4. The van der Waals surface area contributed by atoms with Crippen LogP contribution in [0.2, 0.25) is 5.02 Å². The average molecular weight is 362 g/mol. The van der Waals surface area contributed by atoms with Crippen molar-refractivity contribution in [3.63, 3.8) is 0 Å². The zero-order chi connectivity index (χ0) is 16.8. The van der Waals surface area contributed by atoms with Crippen LogP contribution in [0.3, 0.4) is 0 Å². The first-order chi connectivity index (χ1) is 10.8. The molecule has 5 nitrogen and oxygen atoms in total. The van der Waals surface area contributed by atoms with Crippen molar-refractivity contribution in [2.45, 2.75) is 12.7 Å². The summed E-state index contributed by atoms with van der Waals surface area (Å²) in [6.07, 6.45) is -2.44. The normalized spacial score (nSPS) is 12.0. The number of rotatable bonds is 2. The summed E-state index contributed by atoms with van der Waals surface area (Å²) in [5.74, 6) is 0. The van der Waals surface area contributed by atoms with Gasteiger partial charge in [-0.1, -0.05) is 11.6 Å². The van der Waals surface area contributed by atoms with Gasteiger partial charge in [-0.05, 0) is 6.07 Å². The van der Waals surface area contributed by atoms with E-state index < -0.39 is 22.3 Å². The van der Waals surface area contributed by atoms with Crippen LogP contribution in [-0.2, 0) is 12.7 Å². The van der Waals surface area contributed by atoms with Crippen molar-refractivity contribution < 1.29 is 13.2 Å². The number of thiazole rings is 1. The van der Waals surface area contributed by atoms with Crippen molar-refractivity contribution in [3.05, 3.63) is 66.9 Å². The molecule has 3 aromatic heterocycles. The zero-order valence-electron chi connectivity index (χ0n) is 11.2. The van der Waals surface area contributed by atoms with Crippen molar-refractivity contribution in [2.75, 3.05) is 0 Å². The Morgan fingerprint density at radius 1 is 1.26 bits per heavy atom. The third-order valence-electron chi connectivity index (χ3n) is 3.06. The Morgan fingerprint density at radius 3 is 2.70 bits per heavy atom. The van der Waals surface area contributed by atoms with E-state index in [1.54, 1.807) is 5.38 Å². The third kappa shape index (κ3) is 3.02. The molecular formula is C13H7ClF3N3O2S. The van der Waals surface area contributed by atoms with Crippen LogP contribution in [0.15, 0.2) is 39.5 Å². The van der Waals surface area contributed by atoms with E-state index in [9.17, 15) is 22.8 Å². The summed E-state index contributed by atoms with van der Waals surface area (Å²) in [6, 6.07) is 1.74. The molecule has 0 saturated heterocycles. The van der Waals surface area contributed by atoms with E-state index in [4.69, 9.17) is 11.6 Å². The second-order valence-corrected chi connectivity index (χ2v) is 5.93. The molecule has 0 N–H and O–H groups in total. The molecular weight excluding hydrogens is 355 g/mol. The maximum absolute atomic E-state index is 12.8. The summed E-state index contributed by atoms with van der Waals surface area (Å²) in [5, 5.41) is 1.11. The molecule has 0 aromatic carbocycles. The molecule has 3 heterocycles. The molecule has 3 aromatic rings. The van der Waals surface area contributed by atoms with Crippen LogP contribution in [0.4, 0.5) is 13.2 Å². The number of alkyl halides is 3.